The summed E-state index contributed by atoms with van der Waals surface area (Å²) in [4.78, 5) is 12.1. The molecule has 1 N–H and O–H groups in total. The van der Waals surface area contributed by atoms with Gasteiger partial charge < -0.3 is 14.8 Å². The monoisotopic (exact) mass is 385 g/mol. The van der Waals surface area contributed by atoms with E-state index in [1.807, 2.05) is 12.1 Å². The molecule has 2 aromatic carbocycles. The van der Waals surface area contributed by atoms with E-state index in [1.54, 1.807) is 20.3 Å². The molecule has 140 valence electrons. The summed E-state index contributed by atoms with van der Waals surface area (Å²) in [5.74, 6) is 0.889. The molecule has 0 aromatic heterocycles. The number of thioether (sulfide) groups is 1. The van der Waals surface area contributed by atoms with Crippen molar-refractivity contribution in [2.75, 3.05) is 20.8 Å². The highest BCUT2D eigenvalue weighted by atomic mass is 32.2. The van der Waals surface area contributed by atoms with Crippen LogP contribution in [0.4, 0.5) is 13.2 Å². The van der Waals surface area contributed by atoms with Crippen molar-refractivity contribution in [1.29, 1.82) is 0 Å². The third-order valence-electron chi connectivity index (χ3n) is 3.50. The van der Waals surface area contributed by atoms with E-state index < -0.39 is 5.51 Å². The zero-order chi connectivity index (χ0) is 19.2. The second-order valence-electron chi connectivity index (χ2n) is 5.27. The number of ether oxygens (including phenoxy) is 2. The van der Waals surface area contributed by atoms with Crippen molar-refractivity contribution < 1.29 is 27.4 Å². The maximum Gasteiger partial charge on any atom is 0.446 e. The average Bonchev–Trinajstić information content (AvgIpc) is 2.60. The first-order valence-electron chi connectivity index (χ1n) is 7.67. The van der Waals surface area contributed by atoms with Gasteiger partial charge in [0.05, 0.1) is 14.2 Å². The molecule has 0 unspecified atom stereocenters. The van der Waals surface area contributed by atoms with E-state index in [1.165, 1.54) is 24.3 Å². The van der Waals surface area contributed by atoms with Crippen molar-refractivity contribution in [3.05, 3.63) is 53.6 Å². The molecule has 0 aliphatic carbocycles. The number of alkyl halides is 3. The van der Waals surface area contributed by atoms with Crippen molar-refractivity contribution in [2.45, 2.75) is 16.8 Å². The Balaban J connectivity index is 1.89. The molecule has 0 bridgehead atoms. The minimum atomic E-state index is -4.34. The van der Waals surface area contributed by atoms with Gasteiger partial charge in [0.25, 0.3) is 5.91 Å². The van der Waals surface area contributed by atoms with E-state index in [4.69, 9.17) is 9.47 Å². The van der Waals surface area contributed by atoms with Gasteiger partial charge in [0, 0.05) is 17.0 Å². The van der Waals surface area contributed by atoms with Crippen LogP contribution in [0.5, 0.6) is 11.5 Å². The van der Waals surface area contributed by atoms with Crippen LogP contribution in [-0.4, -0.2) is 32.2 Å². The molecule has 0 aliphatic heterocycles. The summed E-state index contributed by atoms with van der Waals surface area (Å²) in [6.07, 6.45) is 0.577. The lowest BCUT2D eigenvalue weighted by Crippen LogP contribution is -2.25. The fourth-order valence-electron chi connectivity index (χ4n) is 2.27. The predicted octanol–water partition coefficient (Wildman–Crippen LogP) is 4.29. The van der Waals surface area contributed by atoms with Crippen LogP contribution in [0.3, 0.4) is 0 Å². The third-order valence-corrected chi connectivity index (χ3v) is 4.24. The number of methoxy groups -OCH3 is 2. The van der Waals surface area contributed by atoms with Crippen LogP contribution in [0, 0.1) is 0 Å². The lowest BCUT2D eigenvalue weighted by molar-refractivity contribution is -0.0328. The molecule has 0 atom stereocenters. The van der Waals surface area contributed by atoms with E-state index in [-0.39, 0.29) is 22.6 Å². The van der Waals surface area contributed by atoms with E-state index in [0.29, 0.717) is 30.0 Å². The molecule has 0 saturated heterocycles. The number of hydrogen-bond donors (Lipinski definition) is 1. The molecule has 0 heterocycles. The maximum absolute atomic E-state index is 12.3. The summed E-state index contributed by atoms with van der Waals surface area (Å²) >= 11 is -0.211. The summed E-state index contributed by atoms with van der Waals surface area (Å²) in [6, 6.07) is 10.8. The lowest BCUT2D eigenvalue weighted by atomic mass is 10.1. The number of rotatable bonds is 7. The third kappa shape index (κ3) is 5.87. The minimum absolute atomic E-state index is 0.0411. The summed E-state index contributed by atoms with van der Waals surface area (Å²) in [7, 11) is 3.10. The second-order valence-corrected chi connectivity index (χ2v) is 6.41. The quantitative estimate of drug-likeness (QED) is 0.723. The number of benzene rings is 2. The number of carbonyl (C=O) groups is 1. The van der Waals surface area contributed by atoms with Gasteiger partial charge in [0.15, 0.2) is 11.5 Å². The molecule has 2 rings (SSSR count). The van der Waals surface area contributed by atoms with Gasteiger partial charge in [-0.15, -0.1) is 0 Å². The van der Waals surface area contributed by atoms with Crippen molar-refractivity contribution in [2.24, 2.45) is 0 Å². The van der Waals surface area contributed by atoms with Crippen molar-refractivity contribution in [1.82, 2.24) is 5.32 Å². The molecule has 2 aromatic rings. The van der Waals surface area contributed by atoms with Crippen molar-refractivity contribution in [3.8, 4) is 11.5 Å². The standard InChI is InChI=1S/C18H18F3NO3S/c1-24-15-8-3-12(11-16(15)25-2)9-10-22-17(23)13-4-6-14(7-5-13)26-18(19,20)21/h3-8,11H,9-10H2,1-2H3,(H,22,23). The molecule has 0 spiro atoms. The van der Waals surface area contributed by atoms with Crippen LogP contribution in [-0.2, 0) is 6.42 Å². The van der Waals surface area contributed by atoms with Crippen LogP contribution >= 0.6 is 11.8 Å². The van der Waals surface area contributed by atoms with Crippen molar-refractivity contribution in [3.63, 3.8) is 0 Å². The first kappa shape index (κ1) is 20.0. The normalized spacial score (nSPS) is 11.1. The highest BCUT2D eigenvalue weighted by Crippen LogP contribution is 2.36. The smallest absolute Gasteiger partial charge is 0.446 e. The summed E-state index contributed by atoms with van der Waals surface area (Å²) < 4.78 is 47.3. The molecule has 0 radical (unpaired) electrons. The fraction of sp³-hybridized carbons (Fsp3) is 0.278. The van der Waals surface area contributed by atoms with Gasteiger partial charge in [-0.1, -0.05) is 6.07 Å². The Kier molecular flexibility index (Phi) is 6.79. The first-order valence-corrected chi connectivity index (χ1v) is 8.49. The molecule has 8 heteroatoms. The van der Waals surface area contributed by atoms with E-state index >= 15 is 0 Å². The lowest BCUT2D eigenvalue weighted by Gasteiger charge is -2.10. The largest absolute Gasteiger partial charge is 0.493 e. The number of amides is 1. The van der Waals surface area contributed by atoms with Crippen LogP contribution < -0.4 is 14.8 Å². The van der Waals surface area contributed by atoms with Gasteiger partial charge in [-0.2, -0.15) is 13.2 Å². The van der Waals surface area contributed by atoms with Crippen molar-refractivity contribution >= 4 is 17.7 Å². The van der Waals surface area contributed by atoms with Crippen LogP contribution in [0.1, 0.15) is 15.9 Å². The molecular formula is C18H18F3NO3S. The van der Waals surface area contributed by atoms with Crippen LogP contribution in [0.2, 0.25) is 0 Å². The van der Waals surface area contributed by atoms with Gasteiger partial charge >= 0.3 is 5.51 Å². The van der Waals surface area contributed by atoms with Gasteiger partial charge in [-0.3, -0.25) is 4.79 Å². The number of halogens is 3. The molecule has 0 saturated carbocycles. The van der Waals surface area contributed by atoms with Crippen LogP contribution in [0.25, 0.3) is 0 Å². The highest BCUT2D eigenvalue weighted by molar-refractivity contribution is 8.00. The predicted molar refractivity (Wildman–Crippen MR) is 93.9 cm³/mol. The molecule has 0 fully saturated rings. The average molecular weight is 385 g/mol. The Morgan fingerprint density at radius 2 is 1.69 bits per heavy atom. The zero-order valence-electron chi connectivity index (χ0n) is 14.2. The first-order chi connectivity index (χ1) is 12.3. The molecular weight excluding hydrogens is 367 g/mol. The summed E-state index contributed by atoms with van der Waals surface area (Å²) in [6.45, 7) is 0.382. The Hall–Kier alpha value is -2.35. The molecule has 4 nitrogen and oxygen atoms in total. The van der Waals surface area contributed by atoms with Gasteiger partial charge in [0.2, 0.25) is 0 Å². The van der Waals surface area contributed by atoms with Gasteiger partial charge in [0.1, 0.15) is 0 Å². The Morgan fingerprint density at radius 3 is 2.27 bits per heavy atom. The van der Waals surface area contributed by atoms with Crippen LogP contribution in [0.15, 0.2) is 47.4 Å². The summed E-state index contributed by atoms with van der Waals surface area (Å²) in [5, 5.41) is 2.74. The van der Waals surface area contributed by atoms with Gasteiger partial charge in [-0.05, 0) is 60.1 Å². The number of nitrogens with one attached hydrogen (secondary N) is 1. The molecule has 26 heavy (non-hydrogen) atoms. The number of carbonyl (C=O) groups excluding carboxylic acids is 1. The van der Waals surface area contributed by atoms with E-state index in [2.05, 4.69) is 5.32 Å². The highest BCUT2D eigenvalue weighted by Gasteiger charge is 2.29. The maximum atomic E-state index is 12.3. The minimum Gasteiger partial charge on any atom is -0.493 e. The Morgan fingerprint density at radius 1 is 1.04 bits per heavy atom. The summed E-state index contributed by atoms with van der Waals surface area (Å²) in [5.41, 5.74) is -3.08. The van der Waals surface area contributed by atoms with E-state index in [9.17, 15) is 18.0 Å². The SMILES string of the molecule is COc1ccc(CCNC(=O)c2ccc(SC(F)(F)F)cc2)cc1OC. The Bertz CT molecular complexity index is 748. The number of hydrogen-bond acceptors (Lipinski definition) is 4. The topological polar surface area (TPSA) is 47.6 Å². The fourth-order valence-corrected chi connectivity index (χ4v) is 2.81. The second kappa shape index (κ2) is 8.84. The van der Waals surface area contributed by atoms with Gasteiger partial charge in [-0.25, -0.2) is 0 Å². The zero-order valence-corrected chi connectivity index (χ0v) is 15.0. The van der Waals surface area contributed by atoms with E-state index in [0.717, 1.165) is 5.56 Å². The Labute approximate surface area is 153 Å². The molecule has 0 aliphatic rings. The molecule has 1 amide bonds.